The zero-order valence-corrected chi connectivity index (χ0v) is 23.5. The Morgan fingerprint density at radius 2 is 1.85 bits per heavy atom. The molecule has 6 N–H and O–H groups in total. The third-order valence-corrected chi connectivity index (χ3v) is 9.96. The van der Waals surface area contributed by atoms with E-state index in [-0.39, 0.29) is 36.1 Å². The molecule has 10 heteroatoms. The number of Topliss-reactive ketones (excluding diaryl/α,β-unsaturated/α-hetero) is 2. The summed E-state index contributed by atoms with van der Waals surface area (Å²) in [6, 6.07) is 1.48. The fourth-order valence-corrected chi connectivity index (χ4v) is 7.55. The molecule has 5 rings (SSSR count). The van der Waals surface area contributed by atoms with E-state index < -0.39 is 52.0 Å². The van der Waals surface area contributed by atoms with Crippen molar-refractivity contribution in [1.29, 1.82) is 0 Å². The van der Waals surface area contributed by atoms with Gasteiger partial charge in [0.05, 0.1) is 5.56 Å². The molecule has 1 saturated carbocycles. The van der Waals surface area contributed by atoms with Crippen molar-refractivity contribution >= 4 is 29.1 Å². The molecule has 0 saturated heterocycles. The fourth-order valence-electron chi connectivity index (χ4n) is 7.27. The third-order valence-electron chi connectivity index (χ3n) is 9.49. The van der Waals surface area contributed by atoms with Crippen molar-refractivity contribution in [2.75, 3.05) is 13.1 Å². The molecule has 0 spiro atoms. The molecule has 216 valence electrons. The van der Waals surface area contributed by atoms with Crippen LogP contribution >= 0.6 is 11.6 Å². The van der Waals surface area contributed by atoms with Crippen molar-refractivity contribution in [3.63, 3.8) is 0 Å². The quantitative estimate of drug-likeness (QED) is 0.306. The maximum Gasteiger partial charge on any atom is 0.255 e. The molecule has 1 unspecified atom stereocenters. The highest BCUT2D eigenvalue weighted by atomic mass is 35.5. The van der Waals surface area contributed by atoms with E-state index in [2.05, 4.69) is 11.8 Å². The van der Waals surface area contributed by atoms with E-state index in [0.29, 0.717) is 22.7 Å². The van der Waals surface area contributed by atoms with Gasteiger partial charge in [-0.1, -0.05) is 50.6 Å². The largest absolute Gasteiger partial charge is 0.511 e. The second kappa shape index (κ2) is 10.8. The van der Waals surface area contributed by atoms with Gasteiger partial charge in [-0.05, 0) is 61.4 Å². The van der Waals surface area contributed by atoms with Gasteiger partial charge in [0, 0.05) is 29.5 Å². The van der Waals surface area contributed by atoms with Gasteiger partial charge in [-0.3, -0.25) is 19.3 Å². The first-order chi connectivity index (χ1) is 19.0. The standard InChI is InChI=1S/C30H37ClN2O7/c1-2-33(9-8-15-6-4-3-5-7-15)14-17-12-20(34)23-19(25(17)31)11-16-10-18-13-21(35)24(29(32)39)28(38)30(18,40)27(37)22(16)26(23)36/h12,15-16,18,34-35,37,40H,2-11,13-14H2,1H3,(H2,32,39)/t16?,18-,30-/m0/s1. The number of hydrogen-bond donors (Lipinski definition) is 5. The Morgan fingerprint density at radius 1 is 1.15 bits per heavy atom. The van der Waals surface area contributed by atoms with Crippen molar-refractivity contribution in [2.45, 2.75) is 76.9 Å². The molecule has 0 aromatic heterocycles. The minimum absolute atomic E-state index is 0.0596. The van der Waals surface area contributed by atoms with Gasteiger partial charge in [-0.15, -0.1) is 0 Å². The number of hydrogen-bond acceptors (Lipinski definition) is 8. The number of allylic oxidation sites excluding steroid dienone is 2. The van der Waals surface area contributed by atoms with E-state index in [1.807, 2.05) is 0 Å². The van der Waals surface area contributed by atoms with E-state index >= 15 is 0 Å². The topological polar surface area (TPSA) is 161 Å². The van der Waals surface area contributed by atoms with Gasteiger partial charge in [0.1, 0.15) is 22.8 Å². The lowest BCUT2D eigenvalue weighted by Crippen LogP contribution is -2.57. The molecule has 1 amide bonds. The van der Waals surface area contributed by atoms with Crippen molar-refractivity contribution in [2.24, 2.45) is 23.5 Å². The van der Waals surface area contributed by atoms with E-state index in [4.69, 9.17) is 17.3 Å². The van der Waals surface area contributed by atoms with Crippen LogP contribution in [0.15, 0.2) is 28.7 Å². The zero-order valence-electron chi connectivity index (χ0n) is 22.7. The van der Waals surface area contributed by atoms with Gasteiger partial charge in [-0.2, -0.15) is 0 Å². The Morgan fingerprint density at radius 3 is 2.50 bits per heavy atom. The van der Waals surface area contributed by atoms with Gasteiger partial charge in [0.25, 0.3) is 5.91 Å². The Balaban J connectivity index is 1.46. The molecule has 0 heterocycles. The first-order valence-electron chi connectivity index (χ1n) is 14.2. The zero-order chi connectivity index (χ0) is 28.9. The summed E-state index contributed by atoms with van der Waals surface area (Å²) in [6.07, 6.45) is 7.55. The van der Waals surface area contributed by atoms with Gasteiger partial charge in [-0.25, -0.2) is 0 Å². The molecule has 0 bridgehead atoms. The molecular formula is C30H37ClN2O7. The lowest BCUT2D eigenvalue weighted by atomic mass is 9.60. The second-order valence-electron chi connectivity index (χ2n) is 11.8. The molecule has 9 nitrogen and oxygen atoms in total. The van der Waals surface area contributed by atoms with Crippen LogP contribution in [0.1, 0.15) is 79.8 Å². The number of fused-ring (bicyclic) bond motifs is 3. The number of benzene rings is 1. The lowest BCUT2D eigenvalue weighted by molar-refractivity contribution is -0.144. The fraction of sp³-hybridized carbons (Fsp3) is 0.567. The predicted octanol–water partition coefficient (Wildman–Crippen LogP) is 4.03. The van der Waals surface area contributed by atoms with Crippen LogP contribution in [0, 0.1) is 17.8 Å². The van der Waals surface area contributed by atoms with Gasteiger partial charge in [0.15, 0.2) is 11.4 Å². The first-order valence-corrected chi connectivity index (χ1v) is 14.6. The van der Waals surface area contributed by atoms with Crippen LogP contribution < -0.4 is 5.73 Å². The van der Waals surface area contributed by atoms with Gasteiger partial charge < -0.3 is 26.2 Å². The number of aromatic hydroxyl groups is 1. The maximum atomic E-state index is 13.7. The predicted molar refractivity (Wildman–Crippen MR) is 148 cm³/mol. The highest BCUT2D eigenvalue weighted by Gasteiger charge is 2.59. The highest BCUT2D eigenvalue weighted by Crippen LogP contribution is 2.52. The van der Waals surface area contributed by atoms with E-state index in [9.17, 15) is 34.8 Å². The molecule has 1 fully saturated rings. The second-order valence-corrected chi connectivity index (χ2v) is 12.2. The number of amides is 1. The Hall–Kier alpha value is -2.88. The third kappa shape index (κ3) is 4.62. The Labute approximate surface area is 238 Å². The number of ketones is 2. The van der Waals surface area contributed by atoms with Gasteiger partial charge in [0.2, 0.25) is 5.78 Å². The average Bonchev–Trinajstić information content (AvgIpc) is 2.91. The number of aliphatic hydroxyl groups is 3. The van der Waals surface area contributed by atoms with Crippen molar-refractivity contribution in [3.05, 3.63) is 50.4 Å². The maximum absolute atomic E-state index is 13.7. The Bertz CT molecular complexity index is 1330. The van der Waals surface area contributed by atoms with E-state index in [0.717, 1.165) is 25.4 Å². The molecule has 1 aromatic rings. The van der Waals surface area contributed by atoms with Crippen LogP contribution in [0.4, 0.5) is 0 Å². The van der Waals surface area contributed by atoms with Crippen molar-refractivity contribution < 1.29 is 34.8 Å². The molecule has 1 aromatic carbocycles. The summed E-state index contributed by atoms with van der Waals surface area (Å²) in [6.45, 7) is 4.32. The minimum Gasteiger partial charge on any atom is -0.511 e. The van der Waals surface area contributed by atoms with E-state index in [1.165, 1.54) is 38.2 Å². The minimum atomic E-state index is -2.57. The van der Waals surface area contributed by atoms with Crippen LogP contribution in [-0.2, 0) is 22.6 Å². The number of carbonyl (C=O) groups is 3. The number of aliphatic hydroxyl groups excluding tert-OH is 2. The summed E-state index contributed by atoms with van der Waals surface area (Å²) < 4.78 is 0. The number of phenolic OH excluding ortho intramolecular Hbond substituents is 1. The monoisotopic (exact) mass is 572 g/mol. The average molecular weight is 573 g/mol. The number of nitrogens with two attached hydrogens (primary N) is 1. The van der Waals surface area contributed by atoms with Gasteiger partial charge >= 0.3 is 0 Å². The van der Waals surface area contributed by atoms with E-state index in [1.54, 1.807) is 0 Å². The Kier molecular flexibility index (Phi) is 7.76. The molecular weight excluding hydrogens is 536 g/mol. The lowest BCUT2D eigenvalue weighted by Gasteiger charge is -2.45. The summed E-state index contributed by atoms with van der Waals surface area (Å²) >= 11 is 6.88. The smallest absolute Gasteiger partial charge is 0.255 e. The van der Waals surface area contributed by atoms with Crippen LogP contribution in [0.25, 0.3) is 0 Å². The van der Waals surface area contributed by atoms with Crippen LogP contribution in [-0.4, -0.2) is 61.5 Å². The number of primary amides is 1. The molecule has 4 aliphatic rings. The summed E-state index contributed by atoms with van der Waals surface area (Å²) in [5.41, 5.74) is 2.81. The molecule has 4 aliphatic carbocycles. The number of carbonyl (C=O) groups excluding carboxylic acids is 3. The SMILES string of the molecule is CCN(CCC1CCCCC1)Cc1cc(O)c2c(c1Cl)CC1C[C@H]3CC(O)=C(C(N)=O)C(=O)[C@@]3(O)C(O)=C1C2=O. The first kappa shape index (κ1) is 28.6. The van der Waals surface area contributed by atoms with Crippen LogP contribution in [0.2, 0.25) is 5.02 Å². The number of rotatable bonds is 7. The molecule has 0 aliphatic heterocycles. The summed E-state index contributed by atoms with van der Waals surface area (Å²) in [5, 5.41) is 44.2. The van der Waals surface area contributed by atoms with Crippen LogP contribution in [0.3, 0.4) is 0 Å². The summed E-state index contributed by atoms with van der Waals surface area (Å²) in [4.78, 5) is 40.8. The summed E-state index contributed by atoms with van der Waals surface area (Å²) in [7, 11) is 0. The molecule has 0 radical (unpaired) electrons. The summed E-state index contributed by atoms with van der Waals surface area (Å²) in [5.74, 6) is -5.72. The van der Waals surface area contributed by atoms with Crippen molar-refractivity contribution in [1.82, 2.24) is 4.90 Å². The van der Waals surface area contributed by atoms with Crippen LogP contribution in [0.5, 0.6) is 5.75 Å². The number of phenols is 1. The van der Waals surface area contributed by atoms with Crippen molar-refractivity contribution in [3.8, 4) is 5.75 Å². The molecule has 40 heavy (non-hydrogen) atoms. The molecule has 3 atom stereocenters. The number of halogens is 1. The normalized spacial score (nSPS) is 27.1. The number of nitrogens with zero attached hydrogens (tertiary/aromatic N) is 1. The highest BCUT2D eigenvalue weighted by molar-refractivity contribution is 6.33.